The maximum Gasteiger partial charge on any atom is 0.128 e. The molecule has 0 saturated carbocycles. The summed E-state index contributed by atoms with van der Waals surface area (Å²) in [6.45, 7) is 4.56. The van der Waals surface area contributed by atoms with Crippen LogP contribution in [0.15, 0.2) is 43.0 Å². The van der Waals surface area contributed by atoms with E-state index in [1.54, 1.807) is 0 Å². The summed E-state index contributed by atoms with van der Waals surface area (Å²) in [5, 5.41) is 7.59. The summed E-state index contributed by atoms with van der Waals surface area (Å²) < 4.78 is 1.81. The number of hydrogen-bond donors (Lipinski definition) is 2. The molecule has 2 fully saturated rings. The van der Waals surface area contributed by atoms with Crippen molar-refractivity contribution in [2.45, 2.75) is 0 Å². The van der Waals surface area contributed by atoms with Crippen LogP contribution in [0.1, 0.15) is 0 Å². The molecule has 0 aliphatic carbocycles. The molecule has 2 aliphatic heterocycles. The number of rotatable bonds is 3. The van der Waals surface area contributed by atoms with E-state index in [0.29, 0.717) is 5.41 Å². The zero-order valence-corrected chi connectivity index (χ0v) is 13.7. The standard InChI is InChI=1S/C18H20N6/c1-23-8-15(7-22-23)16-4-14(6-20-16)13-2-3-17(21-5-13)24-11-18(12-24)9-19-10-18/h2-8,19-20H,9-12H2,1H3. The number of nitrogens with one attached hydrogen (secondary N) is 2. The molecular formula is C18H20N6. The van der Waals surface area contributed by atoms with Crippen molar-refractivity contribution < 1.29 is 0 Å². The molecule has 3 aromatic heterocycles. The van der Waals surface area contributed by atoms with Gasteiger partial charge in [-0.3, -0.25) is 4.68 Å². The molecule has 24 heavy (non-hydrogen) atoms. The molecule has 2 saturated heterocycles. The highest BCUT2D eigenvalue weighted by Gasteiger charge is 2.47. The molecule has 0 bridgehead atoms. The van der Waals surface area contributed by atoms with Crippen molar-refractivity contribution in [3.05, 3.63) is 43.0 Å². The second-order valence-electron chi connectivity index (χ2n) is 7.07. The molecule has 0 amide bonds. The van der Waals surface area contributed by atoms with Gasteiger partial charge in [0.1, 0.15) is 5.82 Å². The summed E-state index contributed by atoms with van der Waals surface area (Å²) in [6, 6.07) is 6.43. The van der Waals surface area contributed by atoms with Crippen LogP contribution in [0, 0.1) is 5.41 Å². The van der Waals surface area contributed by atoms with E-state index in [9.17, 15) is 0 Å². The van der Waals surface area contributed by atoms with Crippen LogP contribution in [0.2, 0.25) is 0 Å². The van der Waals surface area contributed by atoms with Crippen LogP contribution in [-0.2, 0) is 7.05 Å². The topological polar surface area (TPSA) is 61.8 Å². The van der Waals surface area contributed by atoms with Crippen molar-refractivity contribution in [3.63, 3.8) is 0 Å². The number of aryl methyl sites for hydroxylation is 1. The summed E-state index contributed by atoms with van der Waals surface area (Å²) in [5.41, 5.74) is 4.97. The highest BCUT2D eigenvalue weighted by molar-refractivity contribution is 5.71. The number of nitrogens with zero attached hydrogens (tertiary/aromatic N) is 4. The third-order valence-corrected chi connectivity index (χ3v) is 5.16. The van der Waals surface area contributed by atoms with E-state index in [4.69, 9.17) is 0 Å². The molecular weight excluding hydrogens is 300 g/mol. The van der Waals surface area contributed by atoms with Crippen molar-refractivity contribution in [3.8, 4) is 22.4 Å². The monoisotopic (exact) mass is 320 g/mol. The maximum absolute atomic E-state index is 4.66. The zero-order chi connectivity index (χ0) is 16.1. The molecule has 6 nitrogen and oxygen atoms in total. The quantitative estimate of drug-likeness (QED) is 0.774. The highest BCUT2D eigenvalue weighted by Crippen LogP contribution is 2.37. The second kappa shape index (κ2) is 4.95. The number of pyridine rings is 1. The third kappa shape index (κ3) is 2.14. The average molecular weight is 320 g/mol. The summed E-state index contributed by atoms with van der Waals surface area (Å²) in [5.74, 6) is 1.08. The van der Waals surface area contributed by atoms with Gasteiger partial charge in [0.15, 0.2) is 0 Å². The van der Waals surface area contributed by atoms with Gasteiger partial charge in [0, 0.05) is 79.6 Å². The predicted molar refractivity (Wildman–Crippen MR) is 93.7 cm³/mol. The van der Waals surface area contributed by atoms with E-state index >= 15 is 0 Å². The minimum absolute atomic E-state index is 0.527. The number of aromatic amines is 1. The van der Waals surface area contributed by atoms with Gasteiger partial charge in [0.05, 0.1) is 6.20 Å². The normalized spacial score (nSPS) is 18.5. The minimum Gasteiger partial charge on any atom is -0.360 e. The molecule has 2 N–H and O–H groups in total. The first-order chi connectivity index (χ1) is 11.7. The van der Waals surface area contributed by atoms with Crippen LogP contribution in [-0.4, -0.2) is 45.9 Å². The molecule has 0 atom stereocenters. The smallest absolute Gasteiger partial charge is 0.128 e. The van der Waals surface area contributed by atoms with Gasteiger partial charge in [-0.2, -0.15) is 5.10 Å². The summed E-state index contributed by atoms with van der Waals surface area (Å²) in [4.78, 5) is 10.3. The SMILES string of the molecule is Cn1cc(-c2cc(-c3ccc(N4CC5(CNC5)C4)nc3)c[nH]2)cn1. The van der Waals surface area contributed by atoms with E-state index in [1.807, 2.05) is 36.5 Å². The Kier molecular flexibility index (Phi) is 2.84. The van der Waals surface area contributed by atoms with Gasteiger partial charge in [-0.05, 0) is 18.2 Å². The average Bonchev–Trinajstić information content (AvgIpc) is 3.14. The summed E-state index contributed by atoms with van der Waals surface area (Å²) >= 11 is 0. The first kappa shape index (κ1) is 13.8. The lowest BCUT2D eigenvalue weighted by Gasteiger charge is -2.56. The number of aromatic nitrogens is 4. The van der Waals surface area contributed by atoms with Crippen LogP contribution in [0.4, 0.5) is 5.82 Å². The molecule has 0 unspecified atom stereocenters. The Morgan fingerprint density at radius 1 is 1.08 bits per heavy atom. The third-order valence-electron chi connectivity index (χ3n) is 5.16. The molecule has 0 radical (unpaired) electrons. The van der Waals surface area contributed by atoms with Crippen molar-refractivity contribution in [2.75, 3.05) is 31.1 Å². The van der Waals surface area contributed by atoms with Gasteiger partial charge >= 0.3 is 0 Å². The van der Waals surface area contributed by atoms with E-state index in [1.165, 1.54) is 0 Å². The first-order valence-electron chi connectivity index (χ1n) is 8.30. The van der Waals surface area contributed by atoms with Gasteiger partial charge < -0.3 is 15.2 Å². The lowest BCUT2D eigenvalue weighted by Crippen LogP contribution is -2.71. The highest BCUT2D eigenvalue weighted by atomic mass is 15.3. The van der Waals surface area contributed by atoms with Gasteiger partial charge in [0.25, 0.3) is 0 Å². The first-order valence-corrected chi connectivity index (χ1v) is 8.30. The number of anilines is 1. The van der Waals surface area contributed by atoms with Crippen LogP contribution in [0.5, 0.6) is 0 Å². The van der Waals surface area contributed by atoms with Crippen molar-refractivity contribution >= 4 is 5.82 Å². The van der Waals surface area contributed by atoms with Crippen LogP contribution >= 0.6 is 0 Å². The lowest BCUT2D eigenvalue weighted by atomic mass is 9.74. The van der Waals surface area contributed by atoms with Gasteiger partial charge in [-0.25, -0.2) is 4.98 Å². The number of hydrogen-bond acceptors (Lipinski definition) is 4. The second-order valence-corrected chi connectivity index (χ2v) is 7.07. The van der Waals surface area contributed by atoms with Crippen LogP contribution in [0.25, 0.3) is 22.4 Å². The van der Waals surface area contributed by atoms with Crippen LogP contribution in [0.3, 0.4) is 0 Å². The lowest BCUT2D eigenvalue weighted by molar-refractivity contribution is 0.120. The Balaban J connectivity index is 1.33. The van der Waals surface area contributed by atoms with E-state index in [0.717, 1.165) is 54.4 Å². The fourth-order valence-electron chi connectivity index (χ4n) is 3.66. The van der Waals surface area contributed by atoms with E-state index in [2.05, 4.69) is 43.5 Å². The summed E-state index contributed by atoms with van der Waals surface area (Å²) in [7, 11) is 1.93. The molecule has 0 aromatic carbocycles. The minimum atomic E-state index is 0.527. The number of H-pyrrole nitrogens is 1. The van der Waals surface area contributed by atoms with Crippen LogP contribution < -0.4 is 10.2 Å². The van der Waals surface area contributed by atoms with Crippen molar-refractivity contribution in [2.24, 2.45) is 12.5 Å². The molecule has 5 heterocycles. The largest absolute Gasteiger partial charge is 0.360 e. The fourth-order valence-corrected chi connectivity index (χ4v) is 3.66. The molecule has 122 valence electrons. The van der Waals surface area contributed by atoms with Gasteiger partial charge in [0.2, 0.25) is 0 Å². The molecule has 6 heteroatoms. The molecule has 2 aliphatic rings. The Hall–Kier alpha value is -2.60. The Bertz CT molecular complexity index is 863. The predicted octanol–water partition coefficient (Wildman–Crippen LogP) is 1.89. The molecule has 5 rings (SSSR count). The zero-order valence-electron chi connectivity index (χ0n) is 13.7. The van der Waals surface area contributed by atoms with Crippen molar-refractivity contribution in [1.82, 2.24) is 25.1 Å². The Morgan fingerprint density at radius 2 is 1.96 bits per heavy atom. The molecule has 1 spiro atoms. The van der Waals surface area contributed by atoms with Gasteiger partial charge in [-0.1, -0.05) is 0 Å². The Morgan fingerprint density at radius 3 is 2.58 bits per heavy atom. The fraction of sp³-hybridized carbons (Fsp3) is 0.333. The Labute approximate surface area is 140 Å². The summed E-state index contributed by atoms with van der Waals surface area (Å²) in [6.07, 6.45) is 7.87. The van der Waals surface area contributed by atoms with Crippen molar-refractivity contribution in [1.29, 1.82) is 0 Å². The molecule has 3 aromatic rings. The van der Waals surface area contributed by atoms with Gasteiger partial charge in [-0.15, -0.1) is 0 Å². The van der Waals surface area contributed by atoms with E-state index in [-0.39, 0.29) is 0 Å². The maximum atomic E-state index is 4.66. The van der Waals surface area contributed by atoms with E-state index < -0.39 is 0 Å².